The summed E-state index contributed by atoms with van der Waals surface area (Å²) in [5, 5.41) is 0. The van der Waals surface area contributed by atoms with Gasteiger partial charge in [-0.2, -0.15) is 13.2 Å². The Hall–Kier alpha value is -0.290. The molecule has 0 unspecified atom stereocenters. The molecule has 1 aliphatic heterocycles. The van der Waals surface area contributed by atoms with E-state index in [2.05, 4.69) is 0 Å². The summed E-state index contributed by atoms with van der Waals surface area (Å²) in [7, 11) is 1.51. The summed E-state index contributed by atoms with van der Waals surface area (Å²) >= 11 is 0. The standard InChI is InChI=1S/C8H15F3N2/c1-13-4-2-3-6(5-12)7(13)8(9,10)11/h6-7H,2-5,12H2,1H3/t6-,7+/m1/s1. The van der Waals surface area contributed by atoms with Crippen LogP contribution in [-0.2, 0) is 0 Å². The third kappa shape index (κ3) is 2.34. The first-order valence-electron chi connectivity index (χ1n) is 4.44. The number of hydrogen-bond donors (Lipinski definition) is 1. The minimum Gasteiger partial charge on any atom is -0.330 e. The molecule has 0 bridgehead atoms. The van der Waals surface area contributed by atoms with Crippen molar-refractivity contribution < 1.29 is 13.2 Å². The Bertz CT molecular complexity index is 169. The van der Waals surface area contributed by atoms with Crippen molar-refractivity contribution in [2.75, 3.05) is 20.1 Å². The molecule has 0 aromatic heterocycles. The summed E-state index contributed by atoms with van der Waals surface area (Å²) in [5.74, 6) is -0.432. The van der Waals surface area contributed by atoms with E-state index in [1.165, 1.54) is 11.9 Å². The van der Waals surface area contributed by atoms with E-state index in [0.29, 0.717) is 13.0 Å². The van der Waals surface area contributed by atoms with Gasteiger partial charge < -0.3 is 5.73 Å². The SMILES string of the molecule is CN1CCC[C@H](CN)[C@H]1C(F)(F)F. The molecule has 0 spiro atoms. The number of hydrogen-bond acceptors (Lipinski definition) is 2. The molecular weight excluding hydrogens is 181 g/mol. The van der Waals surface area contributed by atoms with Crippen LogP contribution in [0.1, 0.15) is 12.8 Å². The molecule has 1 fully saturated rings. The van der Waals surface area contributed by atoms with Gasteiger partial charge in [0, 0.05) is 0 Å². The van der Waals surface area contributed by atoms with Crippen molar-refractivity contribution in [2.45, 2.75) is 25.1 Å². The summed E-state index contributed by atoms with van der Waals surface area (Å²) in [6.45, 7) is 0.634. The number of piperidine rings is 1. The zero-order valence-corrected chi connectivity index (χ0v) is 7.64. The lowest BCUT2D eigenvalue weighted by molar-refractivity contribution is -0.200. The lowest BCUT2D eigenvalue weighted by atomic mass is 9.89. The van der Waals surface area contributed by atoms with E-state index in [9.17, 15) is 13.2 Å². The van der Waals surface area contributed by atoms with Crippen LogP contribution >= 0.6 is 0 Å². The topological polar surface area (TPSA) is 29.3 Å². The predicted molar refractivity (Wildman–Crippen MR) is 44.3 cm³/mol. The fourth-order valence-corrected chi connectivity index (χ4v) is 2.02. The lowest BCUT2D eigenvalue weighted by Gasteiger charge is -2.39. The lowest BCUT2D eigenvalue weighted by Crippen LogP contribution is -2.53. The van der Waals surface area contributed by atoms with E-state index in [-0.39, 0.29) is 6.54 Å². The van der Waals surface area contributed by atoms with Gasteiger partial charge in [0.05, 0.1) is 0 Å². The molecule has 78 valence electrons. The highest BCUT2D eigenvalue weighted by Crippen LogP contribution is 2.34. The molecule has 5 heteroatoms. The molecule has 1 saturated heterocycles. The van der Waals surface area contributed by atoms with Crippen molar-refractivity contribution in [3.05, 3.63) is 0 Å². The number of likely N-dealkylation sites (tertiary alicyclic amines) is 1. The summed E-state index contributed by atoms with van der Waals surface area (Å²) in [4.78, 5) is 1.36. The number of alkyl halides is 3. The minimum atomic E-state index is -4.14. The van der Waals surface area contributed by atoms with Gasteiger partial charge in [0.25, 0.3) is 0 Å². The number of nitrogens with two attached hydrogens (primary N) is 1. The summed E-state index contributed by atoms with van der Waals surface area (Å²) in [5.41, 5.74) is 5.33. The van der Waals surface area contributed by atoms with E-state index in [1.54, 1.807) is 0 Å². The molecule has 1 aliphatic rings. The summed E-state index contributed by atoms with van der Waals surface area (Å²) < 4.78 is 37.6. The van der Waals surface area contributed by atoms with Crippen LogP contribution in [0.4, 0.5) is 13.2 Å². The molecule has 2 nitrogen and oxygen atoms in total. The predicted octanol–water partition coefficient (Wildman–Crippen LogP) is 1.22. The molecule has 13 heavy (non-hydrogen) atoms. The summed E-state index contributed by atoms with van der Waals surface area (Å²) in [6.07, 6.45) is -2.74. The molecule has 0 aliphatic carbocycles. The van der Waals surface area contributed by atoms with Crippen LogP contribution < -0.4 is 5.73 Å². The van der Waals surface area contributed by atoms with Gasteiger partial charge in [-0.05, 0) is 38.9 Å². The van der Waals surface area contributed by atoms with E-state index < -0.39 is 18.1 Å². The highest BCUT2D eigenvalue weighted by molar-refractivity contribution is 4.88. The normalized spacial score (nSPS) is 32.1. The molecule has 2 atom stereocenters. The highest BCUT2D eigenvalue weighted by atomic mass is 19.4. The fourth-order valence-electron chi connectivity index (χ4n) is 2.02. The average Bonchev–Trinajstić information content (AvgIpc) is 2.01. The van der Waals surface area contributed by atoms with Gasteiger partial charge in [-0.3, -0.25) is 4.90 Å². The Morgan fingerprint density at radius 2 is 2.08 bits per heavy atom. The maximum absolute atomic E-state index is 12.5. The average molecular weight is 196 g/mol. The molecule has 0 aromatic carbocycles. The zero-order chi connectivity index (χ0) is 10.1. The minimum absolute atomic E-state index is 0.120. The monoisotopic (exact) mass is 196 g/mol. The van der Waals surface area contributed by atoms with E-state index >= 15 is 0 Å². The quantitative estimate of drug-likeness (QED) is 0.683. The van der Waals surface area contributed by atoms with Crippen molar-refractivity contribution in [1.82, 2.24) is 4.90 Å². The smallest absolute Gasteiger partial charge is 0.330 e. The van der Waals surface area contributed by atoms with Crippen LogP contribution in [0.25, 0.3) is 0 Å². The maximum atomic E-state index is 12.5. The molecule has 0 aromatic rings. The Labute approximate surface area is 75.9 Å². The third-order valence-corrected chi connectivity index (χ3v) is 2.65. The Morgan fingerprint density at radius 3 is 2.46 bits per heavy atom. The van der Waals surface area contributed by atoms with Crippen LogP contribution in [0, 0.1) is 5.92 Å². The molecular formula is C8H15F3N2. The van der Waals surface area contributed by atoms with Crippen LogP contribution in [0.5, 0.6) is 0 Å². The van der Waals surface area contributed by atoms with Crippen molar-refractivity contribution >= 4 is 0 Å². The van der Waals surface area contributed by atoms with Crippen molar-refractivity contribution in [2.24, 2.45) is 11.7 Å². The van der Waals surface area contributed by atoms with Gasteiger partial charge >= 0.3 is 6.18 Å². The van der Waals surface area contributed by atoms with Gasteiger partial charge in [-0.1, -0.05) is 0 Å². The molecule has 1 heterocycles. The van der Waals surface area contributed by atoms with Gasteiger partial charge in [-0.15, -0.1) is 0 Å². The molecule has 0 saturated carbocycles. The van der Waals surface area contributed by atoms with Crippen molar-refractivity contribution in [3.63, 3.8) is 0 Å². The van der Waals surface area contributed by atoms with E-state index in [4.69, 9.17) is 5.73 Å². The van der Waals surface area contributed by atoms with Crippen molar-refractivity contribution in [1.29, 1.82) is 0 Å². The molecule has 0 amide bonds. The zero-order valence-electron chi connectivity index (χ0n) is 7.64. The van der Waals surface area contributed by atoms with Gasteiger partial charge in [0.2, 0.25) is 0 Å². The first-order chi connectivity index (χ1) is 5.96. The van der Waals surface area contributed by atoms with E-state index in [1.807, 2.05) is 0 Å². The Morgan fingerprint density at radius 1 is 1.46 bits per heavy atom. The Balaban J connectivity index is 2.73. The fraction of sp³-hybridized carbons (Fsp3) is 1.00. The number of halogens is 3. The van der Waals surface area contributed by atoms with Crippen LogP contribution in [0.2, 0.25) is 0 Å². The van der Waals surface area contributed by atoms with E-state index in [0.717, 1.165) is 6.42 Å². The highest BCUT2D eigenvalue weighted by Gasteiger charge is 2.47. The third-order valence-electron chi connectivity index (χ3n) is 2.65. The first kappa shape index (κ1) is 10.8. The molecule has 0 radical (unpaired) electrons. The maximum Gasteiger partial charge on any atom is 0.404 e. The first-order valence-corrected chi connectivity index (χ1v) is 4.44. The van der Waals surface area contributed by atoms with Crippen LogP contribution in [0.15, 0.2) is 0 Å². The number of nitrogens with zero attached hydrogens (tertiary/aromatic N) is 1. The molecule has 2 N–H and O–H groups in total. The van der Waals surface area contributed by atoms with Gasteiger partial charge in [-0.25, -0.2) is 0 Å². The summed E-state index contributed by atoms with van der Waals surface area (Å²) in [6, 6.07) is -1.34. The van der Waals surface area contributed by atoms with Crippen molar-refractivity contribution in [3.8, 4) is 0 Å². The largest absolute Gasteiger partial charge is 0.404 e. The second-order valence-corrected chi connectivity index (χ2v) is 3.61. The van der Waals surface area contributed by atoms with Gasteiger partial charge in [0.15, 0.2) is 0 Å². The second kappa shape index (κ2) is 3.84. The molecule has 1 rings (SSSR count). The Kier molecular flexibility index (Phi) is 3.18. The second-order valence-electron chi connectivity index (χ2n) is 3.61. The van der Waals surface area contributed by atoms with Crippen LogP contribution in [-0.4, -0.2) is 37.3 Å². The van der Waals surface area contributed by atoms with Crippen LogP contribution in [0.3, 0.4) is 0 Å². The number of rotatable bonds is 1. The van der Waals surface area contributed by atoms with Gasteiger partial charge in [0.1, 0.15) is 6.04 Å².